The Bertz CT molecular complexity index is 1730. The molecule has 35 heavy (non-hydrogen) atoms. The van der Waals surface area contributed by atoms with Gasteiger partial charge in [0, 0.05) is 16.7 Å². The molecule has 0 radical (unpaired) electrons. The van der Waals surface area contributed by atoms with Gasteiger partial charge in [0.1, 0.15) is 33.6 Å². The van der Waals surface area contributed by atoms with E-state index in [4.69, 9.17) is 20.8 Å². The second-order valence-electron chi connectivity index (χ2n) is 7.28. The number of rotatable bonds is 6. The Kier molecular flexibility index (Phi) is 5.87. The molecule has 2 aromatic heterocycles. The van der Waals surface area contributed by atoms with Gasteiger partial charge < -0.3 is 9.15 Å². The van der Waals surface area contributed by atoms with Crippen LogP contribution >= 0.6 is 23.1 Å². The second-order valence-corrected chi connectivity index (χ2v) is 10.5. The number of nitrogens with zero attached hydrogens (tertiary/aromatic N) is 2. The molecule has 3 aromatic carbocycles. The number of hydrogen-bond acceptors (Lipinski definition) is 8. The lowest BCUT2D eigenvalue weighted by Gasteiger charge is -2.14. The Labute approximate surface area is 204 Å². The fourth-order valence-electron chi connectivity index (χ4n) is 3.38. The zero-order valence-electron chi connectivity index (χ0n) is 17.3. The van der Waals surface area contributed by atoms with E-state index < -0.39 is 43.6 Å². The molecule has 0 aliphatic carbocycles. The van der Waals surface area contributed by atoms with Crippen LogP contribution in [0.2, 0.25) is 5.02 Å². The molecule has 0 amide bonds. The molecule has 0 atom stereocenters. The van der Waals surface area contributed by atoms with Crippen LogP contribution in [0, 0.1) is 11.6 Å². The number of aromatic nitrogens is 3. The largest absolute Gasteiger partial charge is 0.454 e. The molecule has 5 rings (SSSR count). The molecule has 0 spiro atoms. The lowest BCUT2D eigenvalue weighted by Crippen LogP contribution is -2.08. The Hall–Kier alpha value is -3.61. The third-order valence-corrected chi connectivity index (χ3v) is 7.65. The molecule has 1 N–H and O–H groups in total. The van der Waals surface area contributed by atoms with E-state index in [0.717, 1.165) is 11.5 Å². The van der Waals surface area contributed by atoms with Crippen molar-refractivity contribution in [2.45, 2.75) is 10.6 Å². The van der Waals surface area contributed by atoms with Crippen molar-refractivity contribution in [3.8, 4) is 22.6 Å². The first-order valence-electron chi connectivity index (χ1n) is 9.77. The summed E-state index contributed by atoms with van der Waals surface area (Å²) in [5.74, 6) is -3.93. The minimum atomic E-state index is -4.22. The molecule has 13 heteroatoms. The van der Waals surface area contributed by atoms with Crippen LogP contribution < -0.4 is 10.5 Å². The first-order valence-corrected chi connectivity index (χ1v) is 12.6. The number of nitrogens with one attached hydrogen (secondary N) is 1. The third-order valence-electron chi connectivity index (χ3n) is 4.93. The van der Waals surface area contributed by atoms with E-state index in [9.17, 15) is 22.0 Å². The number of H-pyrrole nitrogens is 1. The van der Waals surface area contributed by atoms with Crippen molar-refractivity contribution in [2.24, 2.45) is 0 Å². The molecule has 0 aliphatic rings. The van der Waals surface area contributed by atoms with Gasteiger partial charge in [0.2, 0.25) is 0 Å². The van der Waals surface area contributed by atoms with Crippen molar-refractivity contribution in [2.75, 3.05) is 0 Å². The predicted molar refractivity (Wildman–Crippen MR) is 125 cm³/mol. The highest BCUT2D eigenvalue weighted by Crippen LogP contribution is 2.38. The first kappa shape index (κ1) is 23.1. The maximum absolute atomic E-state index is 14.9. The van der Waals surface area contributed by atoms with E-state index >= 15 is 0 Å². The highest BCUT2D eigenvalue weighted by atomic mass is 35.5. The molecule has 5 aromatic rings. The highest BCUT2D eigenvalue weighted by molar-refractivity contribution is 7.90. The van der Waals surface area contributed by atoms with Crippen molar-refractivity contribution in [1.29, 1.82) is 0 Å². The number of sulfone groups is 1. The van der Waals surface area contributed by atoms with Crippen molar-refractivity contribution in [3.63, 3.8) is 0 Å². The molecule has 0 bridgehead atoms. The minimum absolute atomic E-state index is 0.113. The van der Waals surface area contributed by atoms with Gasteiger partial charge in [-0.15, -0.1) is 0 Å². The quantitative estimate of drug-likeness (QED) is 0.312. The summed E-state index contributed by atoms with van der Waals surface area (Å²) in [5, 5.41) is 0.491. The number of benzene rings is 3. The Morgan fingerprint density at radius 2 is 1.89 bits per heavy atom. The van der Waals surface area contributed by atoms with Crippen LogP contribution in [0.3, 0.4) is 0 Å². The second kappa shape index (κ2) is 8.87. The molecule has 8 nitrogen and oxygen atoms in total. The monoisotopic (exact) mass is 535 g/mol. The number of aromatic amines is 1. The lowest BCUT2D eigenvalue weighted by molar-refractivity contribution is 0.433. The topological polar surface area (TPSA) is 115 Å². The van der Waals surface area contributed by atoms with Gasteiger partial charge in [0.05, 0.1) is 5.52 Å². The van der Waals surface area contributed by atoms with Crippen LogP contribution in [0.1, 0.15) is 5.01 Å². The van der Waals surface area contributed by atoms with Crippen molar-refractivity contribution < 1.29 is 26.4 Å². The molecule has 0 saturated carbocycles. The van der Waals surface area contributed by atoms with E-state index in [-0.39, 0.29) is 10.8 Å². The van der Waals surface area contributed by atoms with Gasteiger partial charge in [-0.1, -0.05) is 17.7 Å². The molecule has 178 valence electrons. The van der Waals surface area contributed by atoms with Crippen LogP contribution in [0.4, 0.5) is 8.78 Å². The SMILES string of the molecule is O=c1[nH]c2cc(-c3cc(Cl)ccc3Oc3cc(F)c(S(=O)(=O)Cc4ncns4)cc3F)ccc2o1. The molecule has 0 fully saturated rings. The van der Waals surface area contributed by atoms with E-state index in [1.807, 2.05) is 0 Å². The maximum Gasteiger partial charge on any atom is 0.417 e. The third kappa shape index (κ3) is 4.67. The van der Waals surface area contributed by atoms with Crippen molar-refractivity contribution in [1.82, 2.24) is 14.3 Å². The normalized spacial score (nSPS) is 11.7. The van der Waals surface area contributed by atoms with Crippen LogP contribution in [0.15, 0.2) is 69.0 Å². The van der Waals surface area contributed by atoms with E-state index in [2.05, 4.69) is 14.3 Å². The fraction of sp³-hybridized carbons (Fsp3) is 0.0455. The number of fused-ring (bicyclic) bond motifs is 1. The average molecular weight is 536 g/mol. The van der Waals surface area contributed by atoms with E-state index in [0.29, 0.717) is 39.4 Å². The molecular formula is C22H12ClF2N3O5S2. The summed E-state index contributed by atoms with van der Waals surface area (Å²) in [4.78, 5) is 16.9. The molecule has 0 aliphatic heterocycles. The molecule has 0 unspecified atom stereocenters. The van der Waals surface area contributed by atoms with Crippen LogP contribution in [0.25, 0.3) is 22.2 Å². The smallest absolute Gasteiger partial charge is 0.417 e. The number of hydrogen-bond donors (Lipinski definition) is 1. The van der Waals surface area contributed by atoms with Crippen LogP contribution in [-0.2, 0) is 15.6 Å². The van der Waals surface area contributed by atoms with Gasteiger partial charge in [-0.2, -0.15) is 4.37 Å². The standard InChI is InChI=1S/C22H12ClF2N3O5S2/c23-12-2-4-17(13(6-12)11-1-3-18-16(5-11)28-22(29)33-18)32-19-7-15(25)20(8-14(19)24)35(30,31)9-21-26-10-27-34-21/h1-8,10H,9H2,(H,28,29). The average Bonchev–Trinajstić information content (AvgIpc) is 3.44. The van der Waals surface area contributed by atoms with Gasteiger partial charge in [-0.05, 0) is 53.5 Å². The van der Waals surface area contributed by atoms with E-state index in [1.54, 1.807) is 24.3 Å². The summed E-state index contributed by atoms with van der Waals surface area (Å²) in [6.45, 7) is 0. The van der Waals surface area contributed by atoms with Crippen LogP contribution in [0.5, 0.6) is 11.5 Å². The number of ether oxygens (including phenoxy) is 1. The Morgan fingerprint density at radius 3 is 2.66 bits per heavy atom. The van der Waals surface area contributed by atoms with Gasteiger partial charge in [-0.3, -0.25) is 4.98 Å². The van der Waals surface area contributed by atoms with Gasteiger partial charge in [0.15, 0.2) is 27.0 Å². The van der Waals surface area contributed by atoms with Crippen LogP contribution in [-0.4, -0.2) is 22.8 Å². The first-order chi connectivity index (χ1) is 16.7. The summed E-state index contributed by atoms with van der Waals surface area (Å²) in [7, 11) is -4.22. The van der Waals surface area contributed by atoms with Crippen molar-refractivity contribution in [3.05, 3.63) is 87.1 Å². The summed E-state index contributed by atoms with van der Waals surface area (Å²) < 4.78 is 69.2. The zero-order valence-corrected chi connectivity index (χ0v) is 19.7. The summed E-state index contributed by atoms with van der Waals surface area (Å²) in [6.07, 6.45) is 1.18. The summed E-state index contributed by atoms with van der Waals surface area (Å²) in [6, 6.07) is 10.5. The Balaban J connectivity index is 1.52. The van der Waals surface area contributed by atoms with E-state index in [1.165, 1.54) is 18.5 Å². The fourth-order valence-corrected chi connectivity index (χ4v) is 5.73. The molecule has 2 heterocycles. The summed E-state index contributed by atoms with van der Waals surface area (Å²) in [5.41, 5.74) is 1.71. The maximum atomic E-state index is 14.9. The molecular weight excluding hydrogens is 524 g/mol. The predicted octanol–water partition coefficient (Wildman–Crippen LogP) is 5.34. The lowest BCUT2D eigenvalue weighted by atomic mass is 10.0. The number of oxazole rings is 1. The van der Waals surface area contributed by atoms with Gasteiger partial charge >= 0.3 is 5.76 Å². The minimum Gasteiger partial charge on any atom is -0.454 e. The highest BCUT2D eigenvalue weighted by Gasteiger charge is 2.25. The zero-order chi connectivity index (χ0) is 24.7. The summed E-state index contributed by atoms with van der Waals surface area (Å²) >= 11 is 6.98. The molecule has 0 saturated heterocycles. The number of halogens is 3. The van der Waals surface area contributed by atoms with Crippen molar-refractivity contribution >= 4 is 44.1 Å². The van der Waals surface area contributed by atoms with Gasteiger partial charge in [-0.25, -0.2) is 27.0 Å². The Morgan fingerprint density at radius 1 is 1.06 bits per heavy atom. The van der Waals surface area contributed by atoms with Gasteiger partial charge in [0.25, 0.3) is 0 Å².